The van der Waals surface area contributed by atoms with Gasteiger partial charge in [-0.15, -0.1) is 0 Å². The molecule has 0 saturated heterocycles. The van der Waals surface area contributed by atoms with E-state index >= 15 is 0 Å². The first-order valence-electron chi connectivity index (χ1n) is 8.43. The summed E-state index contributed by atoms with van der Waals surface area (Å²) in [6.45, 7) is 1.71. The summed E-state index contributed by atoms with van der Waals surface area (Å²) in [6, 6.07) is 10.0. The molecule has 0 spiro atoms. The smallest absolute Gasteiger partial charge is 0.248 e. The molecule has 0 fully saturated rings. The van der Waals surface area contributed by atoms with Gasteiger partial charge in [0.25, 0.3) is 0 Å². The molecule has 0 saturated carbocycles. The van der Waals surface area contributed by atoms with Crippen molar-refractivity contribution in [1.29, 1.82) is 0 Å². The van der Waals surface area contributed by atoms with Gasteiger partial charge in [-0.1, -0.05) is 6.07 Å². The second-order valence-corrected chi connectivity index (χ2v) is 8.32. The summed E-state index contributed by atoms with van der Waals surface area (Å²) in [5.74, 6) is 0.820. The number of hydrogen-bond donors (Lipinski definition) is 1. The van der Waals surface area contributed by atoms with Gasteiger partial charge >= 0.3 is 0 Å². The van der Waals surface area contributed by atoms with Crippen LogP contribution in [0.25, 0.3) is 6.08 Å². The Balaban J connectivity index is 2.21. The van der Waals surface area contributed by atoms with E-state index in [4.69, 9.17) is 9.47 Å². The summed E-state index contributed by atoms with van der Waals surface area (Å²) in [6.07, 6.45) is 2.96. The molecule has 1 amide bonds. The van der Waals surface area contributed by atoms with E-state index in [0.29, 0.717) is 28.3 Å². The molecule has 2 aromatic carbocycles. The number of rotatable bonds is 7. The number of carbonyl (C=O) groups excluding carboxylic acids is 1. The summed E-state index contributed by atoms with van der Waals surface area (Å²) in [5, 5.41) is 2.68. The van der Waals surface area contributed by atoms with Gasteiger partial charge in [0.1, 0.15) is 11.5 Å². The quantitative estimate of drug-likeness (QED) is 0.717. The normalized spacial score (nSPS) is 11.6. The molecule has 2 aromatic rings. The highest BCUT2D eigenvalue weighted by Gasteiger charge is 2.20. The van der Waals surface area contributed by atoms with Gasteiger partial charge in [-0.25, -0.2) is 12.7 Å². The molecule has 28 heavy (non-hydrogen) atoms. The van der Waals surface area contributed by atoms with E-state index in [1.54, 1.807) is 50.4 Å². The van der Waals surface area contributed by atoms with Crippen LogP contribution in [0.2, 0.25) is 0 Å². The third kappa shape index (κ3) is 4.90. The Bertz CT molecular complexity index is 998. The molecule has 7 nitrogen and oxygen atoms in total. The fourth-order valence-corrected chi connectivity index (χ4v) is 3.60. The summed E-state index contributed by atoms with van der Waals surface area (Å²) < 4.78 is 36.4. The molecule has 0 aromatic heterocycles. The van der Waals surface area contributed by atoms with Crippen LogP contribution in [0, 0.1) is 6.92 Å². The van der Waals surface area contributed by atoms with Crippen LogP contribution >= 0.6 is 0 Å². The number of aryl methyl sites for hydroxylation is 1. The number of ether oxygens (including phenoxy) is 2. The fraction of sp³-hybridized carbons (Fsp3) is 0.250. The predicted molar refractivity (Wildman–Crippen MR) is 109 cm³/mol. The molecule has 0 radical (unpaired) electrons. The zero-order valence-corrected chi connectivity index (χ0v) is 17.3. The molecule has 0 atom stereocenters. The van der Waals surface area contributed by atoms with Gasteiger partial charge in [0.15, 0.2) is 0 Å². The number of carbonyl (C=O) groups is 1. The van der Waals surface area contributed by atoms with Crippen molar-refractivity contribution in [2.45, 2.75) is 11.8 Å². The topological polar surface area (TPSA) is 84.9 Å². The second-order valence-electron chi connectivity index (χ2n) is 6.20. The van der Waals surface area contributed by atoms with Crippen LogP contribution in [0.1, 0.15) is 11.1 Å². The average molecular weight is 404 g/mol. The number of nitrogens with one attached hydrogen (secondary N) is 1. The first kappa shape index (κ1) is 21.5. The Hall–Kier alpha value is -2.84. The molecule has 150 valence electrons. The number of nitrogens with zero attached hydrogens (tertiary/aromatic N) is 1. The number of amides is 1. The van der Waals surface area contributed by atoms with Crippen LogP contribution in [-0.2, 0) is 14.8 Å². The van der Waals surface area contributed by atoms with Gasteiger partial charge in [0.05, 0.1) is 19.1 Å². The van der Waals surface area contributed by atoms with Crippen LogP contribution in [0.5, 0.6) is 11.5 Å². The minimum atomic E-state index is -3.60. The maximum atomic E-state index is 12.4. The first-order chi connectivity index (χ1) is 13.2. The summed E-state index contributed by atoms with van der Waals surface area (Å²) in [4.78, 5) is 12.4. The lowest BCUT2D eigenvalue weighted by molar-refractivity contribution is -0.111. The molecule has 0 heterocycles. The maximum Gasteiger partial charge on any atom is 0.248 e. The molecule has 0 bridgehead atoms. The highest BCUT2D eigenvalue weighted by atomic mass is 32.2. The highest BCUT2D eigenvalue weighted by molar-refractivity contribution is 7.89. The van der Waals surface area contributed by atoms with Gasteiger partial charge in [0, 0.05) is 37.5 Å². The fourth-order valence-electron chi connectivity index (χ4n) is 2.46. The minimum absolute atomic E-state index is 0.149. The third-order valence-corrected chi connectivity index (χ3v) is 6.03. The molecule has 1 N–H and O–H groups in total. The number of hydrogen-bond acceptors (Lipinski definition) is 5. The number of anilines is 1. The zero-order chi connectivity index (χ0) is 20.9. The highest BCUT2D eigenvalue weighted by Crippen LogP contribution is 2.26. The van der Waals surface area contributed by atoms with Crippen molar-refractivity contribution in [3.63, 3.8) is 0 Å². The molecular weight excluding hydrogens is 380 g/mol. The minimum Gasteiger partial charge on any atom is -0.497 e. The Morgan fingerprint density at radius 3 is 2.39 bits per heavy atom. The van der Waals surface area contributed by atoms with E-state index in [-0.39, 0.29) is 4.90 Å². The van der Waals surface area contributed by atoms with Crippen LogP contribution in [0.3, 0.4) is 0 Å². The van der Waals surface area contributed by atoms with E-state index in [1.165, 1.54) is 33.3 Å². The zero-order valence-electron chi connectivity index (χ0n) is 16.5. The third-order valence-electron chi connectivity index (χ3n) is 4.07. The molecule has 8 heteroatoms. The van der Waals surface area contributed by atoms with Crippen molar-refractivity contribution >= 4 is 27.7 Å². The van der Waals surface area contributed by atoms with Gasteiger partial charge in [0.2, 0.25) is 15.9 Å². The van der Waals surface area contributed by atoms with Crippen molar-refractivity contribution in [2.24, 2.45) is 0 Å². The lowest BCUT2D eigenvalue weighted by Crippen LogP contribution is -2.23. The van der Waals surface area contributed by atoms with Crippen LogP contribution in [-0.4, -0.2) is 46.9 Å². The van der Waals surface area contributed by atoms with E-state index in [9.17, 15) is 13.2 Å². The lowest BCUT2D eigenvalue weighted by Gasteiger charge is -2.14. The molecule has 0 aliphatic heterocycles. The molecule has 0 unspecified atom stereocenters. The lowest BCUT2D eigenvalue weighted by atomic mass is 10.1. The van der Waals surface area contributed by atoms with Crippen molar-refractivity contribution in [2.75, 3.05) is 33.6 Å². The van der Waals surface area contributed by atoms with Gasteiger partial charge in [-0.05, 0) is 42.8 Å². The monoisotopic (exact) mass is 404 g/mol. The predicted octanol–water partition coefficient (Wildman–Crippen LogP) is 2.91. The molecule has 0 aliphatic carbocycles. The van der Waals surface area contributed by atoms with E-state index in [2.05, 4.69) is 5.32 Å². The summed E-state index contributed by atoms with van der Waals surface area (Å²) in [5.41, 5.74) is 1.70. The molecule has 2 rings (SSSR count). The van der Waals surface area contributed by atoms with E-state index < -0.39 is 15.9 Å². The Morgan fingerprint density at radius 1 is 1.07 bits per heavy atom. The summed E-state index contributed by atoms with van der Waals surface area (Å²) in [7, 11) is 2.42. The van der Waals surface area contributed by atoms with Gasteiger partial charge < -0.3 is 14.8 Å². The Labute approximate surface area is 165 Å². The number of benzene rings is 2. The molecule has 0 aliphatic rings. The van der Waals surface area contributed by atoms with E-state index in [0.717, 1.165) is 4.31 Å². The van der Waals surface area contributed by atoms with Crippen LogP contribution < -0.4 is 14.8 Å². The van der Waals surface area contributed by atoms with Crippen molar-refractivity contribution in [3.05, 3.63) is 53.6 Å². The average Bonchev–Trinajstić information content (AvgIpc) is 2.67. The van der Waals surface area contributed by atoms with Crippen molar-refractivity contribution in [3.8, 4) is 11.5 Å². The van der Waals surface area contributed by atoms with Crippen molar-refractivity contribution < 1.29 is 22.7 Å². The van der Waals surface area contributed by atoms with Gasteiger partial charge in [-0.3, -0.25) is 4.79 Å². The van der Waals surface area contributed by atoms with Crippen LogP contribution in [0.15, 0.2) is 47.4 Å². The SMILES string of the molecule is COc1ccc(C=CC(=O)Nc2ccc(C)c(S(=O)(=O)N(C)C)c2)c(OC)c1. The maximum absolute atomic E-state index is 12.4. The van der Waals surface area contributed by atoms with Crippen LogP contribution in [0.4, 0.5) is 5.69 Å². The first-order valence-corrected chi connectivity index (χ1v) is 9.87. The summed E-state index contributed by atoms with van der Waals surface area (Å²) >= 11 is 0. The second kappa shape index (κ2) is 8.90. The van der Waals surface area contributed by atoms with Crippen molar-refractivity contribution in [1.82, 2.24) is 4.31 Å². The Kier molecular flexibility index (Phi) is 6.82. The van der Waals surface area contributed by atoms with Gasteiger partial charge in [-0.2, -0.15) is 0 Å². The standard InChI is InChI=1S/C20H24N2O5S/c1-14-6-9-16(12-19(14)28(24,25)22(2)3)21-20(23)11-8-15-7-10-17(26-4)13-18(15)27-5/h6-13H,1-5H3,(H,21,23). The largest absolute Gasteiger partial charge is 0.497 e. The van der Waals surface area contributed by atoms with E-state index in [1.807, 2.05) is 0 Å². The number of methoxy groups -OCH3 is 2. The molecular formula is C20H24N2O5S. The number of sulfonamides is 1. The Morgan fingerprint density at radius 2 is 1.79 bits per heavy atom.